The molecule has 0 bridgehead atoms. The van der Waals surface area contributed by atoms with Crippen molar-refractivity contribution in [3.05, 3.63) is 30.1 Å². The fraction of sp³-hybridized carbons (Fsp3) is 0.538. The number of rotatable bonds is 4. The van der Waals surface area contributed by atoms with Gasteiger partial charge in [-0.1, -0.05) is 12.5 Å². The van der Waals surface area contributed by atoms with Crippen LogP contribution >= 0.6 is 12.4 Å². The third-order valence-electron chi connectivity index (χ3n) is 3.40. The summed E-state index contributed by atoms with van der Waals surface area (Å²) >= 11 is 0. The highest BCUT2D eigenvalue weighted by Crippen LogP contribution is 2.24. The molecule has 1 aliphatic rings. The maximum absolute atomic E-state index is 11.9. The first kappa shape index (κ1) is 14.9. The molecule has 100 valence electrons. The molecule has 1 aromatic heterocycles. The van der Waals surface area contributed by atoms with Crippen LogP contribution in [-0.2, 0) is 11.2 Å². The lowest BCUT2D eigenvalue weighted by Crippen LogP contribution is -2.40. The first-order chi connectivity index (χ1) is 8.29. The molecule has 0 radical (unpaired) electrons. The number of nitrogens with one attached hydrogen (secondary N) is 1. The van der Waals surface area contributed by atoms with Crippen molar-refractivity contribution in [1.82, 2.24) is 10.3 Å². The standard InChI is InChI=1S/C13H19N3O.ClH/c14-8-11-4-1-5-12(11)16-13(17)7-10-3-2-6-15-9-10;/h2-3,6,9,11-12H,1,4-5,7-8,14H2,(H,16,17);1H. The van der Waals surface area contributed by atoms with E-state index in [1.54, 1.807) is 12.4 Å². The molecule has 4 nitrogen and oxygen atoms in total. The largest absolute Gasteiger partial charge is 0.353 e. The molecule has 1 heterocycles. The van der Waals surface area contributed by atoms with Crippen LogP contribution in [0.3, 0.4) is 0 Å². The van der Waals surface area contributed by atoms with Crippen molar-refractivity contribution in [3.63, 3.8) is 0 Å². The molecule has 1 fully saturated rings. The summed E-state index contributed by atoms with van der Waals surface area (Å²) in [5.74, 6) is 0.524. The Morgan fingerprint density at radius 1 is 1.50 bits per heavy atom. The zero-order valence-electron chi connectivity index (χ0n) is 10.3. The number of hydrogen-bond donors (Lipinski definition) is 2. The SMILES string of the molecule is Cl.NCC1CCCC1NC(=O)Cc1cccnc1. The molecular formula is C13H20ClN3O. The maximum Gasteiger partial charge on any atom is 0.224 e. The number of nitrogens with two attached hydrogens (primary N) is 1. The van der Waals surface area contributed by atoms with Crippen molar-refractivity contribution in [2.75, 3.05) is 6.54 Å². The Hall–Kier alpha value is -1.13. The number of amides is 1. The summed E-state index contributed by atoms with van der Waals surface area (Å²) in [4.78, 5) is 15.9. The lowest BCUT2D eigenvalue weighted by molar-refractivity contribution is -0.121. The molecule has 2 unspecified atom stereocenters. The summed E-state index contributed by atoms with van der Waals surface area (Å²) in [6.07, 6.45) is 7.20. The molecule has 1 saturated carbocycles. The first-order valence-corrected chi connectivity index (χ1v) is 6.18. The van der Waals surface area contributed by atoms with Crippen LogP contribution < -0.4 is 11.1 Å². The molecule has 0 aliphatic heterocycles. The summed E-state index contributed by atoms with van der Waals surface area (Å²) in [6, 6.07) is 4.03. The van der Waals surface area contributed by atoms with E-state index in [9.17, 15) is 4.79 Å². The van der Waals surface area contributed by atoms with Crippen LogP contribution in [0.2, 0.25) is 0 Å². The Morgan fingerprint density at radius 3 is 3.00 bits per heavy atom. The van der Waals surface area contributed by atoms with Gasteiger partial charge in [-0.3, -0.25) is 9.78 Å². The normalized spacial score (nSPS) is 22.3. The molecule has 0 spiro atoms. The predicted molar refractivity (Wildman–Crippen MR) is 73.5 cm³/mol. The zero-order chi connectivity index (χ0) is 12.1. The second kappa shape index (κ2) is 7.34. The summed E-state index contributed by atoms with van der Waals surface area (Å²) in [5, 5.41) is 3.08. The molecule has 0 saturated heterocycles. The Balaban J connectivity index is 0.00000162. The van der Waals surface area contributed by atoms with Gasteiger partial charge < -0.3 is 11.1 Å². The summed E-state index contributed by atoms with van der Waals surface area (Å²) in [6.45, 7) is 0.665. The van der Waals surface area contributed by atoms with E-state index in [2.05, 4.69) is 10.3 Å². The highest BCUT2D eigenvalue weighted by atomic mass is 35.5. The Kier molecular flexibility index (Phi) is 6.09. The molecule has 0 aromatic carbocycles. The van der Waals surface area contributed by atoms with Crippen molar-refractivity contribution >= 4 is 18.3 Å². The van der Waals surface area contributed by atoms with Crippen LogP contribution in [0.4, 0.5) is 0 Å². The molecule has 18 heavy (non-hydrogen) atoms. The van der Waals surface area contributed by atoms with Gasteiger partial charge >= 0.3 is 0 Å². The fourth-order valence-electron chi connectivity index (χ4n) is 2.45. The lowest BCUT2D eigenvalue weighted by atomic mass is 10.0. The van der Waals surface area contributed by atoms with Gasteiger partial charge in [-0.05, 0) is 36.9 Å². The average Bonchev–Trinajstić information content (AvgIpc) is 2.77. The van der Waals surface area contributed by atoms with Gasteiger partial charge in [-0.2, -0.15) is 0 Å². The van der Waals surface area contributed by atoms with E-state index >= 15 is 0 Å². The van der Waals surface area contributed by atoms with Crippen LogP contribution in [0, 0.1) is 5.92 Å². The van der Waals surface area contributed by atoms with Crippen molar-refractivity contribution in [1.29, 1.82) is 0 Å². The minimum Gasteiger partial charge on any atom is -0.353 e. The third kappa shape index (κ3) is 3.96. The number of carbonyl (C=O) groups excluding carboxylic acids is 1. The van der Waals surface area contributed by atoms with Crippen molar-refractivity contribution < 1.29 is 4.79 Å². The van der Waals surface area contributed by atoms with Crippen LogP contribution in [-0.4, -0.2) is 23.5 Å². The van der Waals surface area contributed by atoms with E-state index < -0.39 is 0 Å². The van der Waals surface area contributed by atoms with Gasteiger partial charge in [0.25, 0.3) is 0 Å². The number of aromatic nitrogens is 1. The number of carbonyl (C=O) groups is 1. The monoisotopic (exact) mass is 269 g/mol. The Morgan fingerprint density at radius 2 is 2.33 bits per heavy atom. The molecule has 1 amide bonds. The van der Waals surface area contributed by atoms with E-state index in [0.29, 0.717) is 18.9 Å². The van der Waals surface area contributed by atoms with Gasteiger partial charge in [-0.25, -0.2) is 0 Å². The van der Waals surface area contributed by atoms with E-state index in [1.165, 1.54) is 6.42 Å². The van der Waals surface area contributed by atoms with Gasteiger partial charge in [0.2, 0.25) is 5.91 Å². The molecule has 3 N–H and O–H groups in total. The highest BCUT2D eigenvalue weighted by molar-refractivity contribution is 5.85. The minimum atomic E-state index is 0. The van der Waals surface area contributed by atoms with Crippen LogP contribution in [0.15, 0.2) is 24.5 Å². The molecule has 2 rings (SSSR count). The number of hydrogen-bond acceptors (Lipinski definition) is 3. The number of halogens is 1. The Labute approximate surface area is 114 Å². The third-order valence-corrected chi connectivity index (χ3v) is 3.40. The second-order valence-corrected chi connectivity index (χ2v) is 4.64. The maximum atomic E-state index is 11.9. The number of pyridine rings is 1. The van der Waals surface area contributed by atoms with Crippen molar-refractivity contribution in [3.8, 4) is 0 Å². The topological polar surface area (TPSA) is 68.0 Å². The summed E-state index contributed by atoms with van der Waals surface area (Å²) in [7, 11) is 0. The summed E-state index contributed by atoms with van der Waals surface area (Å²) < 4.78 is 0. The zero-order valence-corrected chi connectivity index (χ0v) is 11.2. The molecule has 2 atom stereocenters. The van der Waals surface area contributed by atoms with Crippen molar-refractivity contribution in [2.45, 2.75) is 31.7 Å². The van der Waals surface area contributed by atoms with Gasteiger partial charge in [-0.15, -0.1) is 12.4 Å². The molecule has 1 aromatic rings. The highest BCUT2D eigenvalue weighted by Gasteiger charge is 2.27. The minimum absolute atomic E-state index is 0. The van der Waals surface area contributed by atoms with Crippen LogP contribution in [0.1, 0.15) is 24.8 Å². The van der Waals surface area contributed by atoms with Gasteiger partial charge in [0.05, 0.1) is 6.42 Å². The van der Waals surface area contributed by atoms with Crippen LogP contribution in [0.5, 0.6) is 0 Å². The second-order valence-electron chi connectivity index (χ2n) is 4.64. The fourth-order valence-corrected chi connectivity index (χ4v) is 2.45. The van der Waals surface area contributed by atoms with Gasteiger partial charge in [0.1, 0.15) is 0 Å². The van der Waals surface area contributed by atoms with E-state index in [-0.39, 0.29) is 24.4 Å². The molecular weight excluding hydrogens is 250 g/mol. The van der Waals surface area contributed by atoms with E-state index in [0.717, 1.165) is 18.4 Å². The molecule has 5 heteroatoms. The van der Waals surface area contributed by atoms with E-state index in [1.807, 2.05) is 12.1 Å². The Bertz CT molecular complexity index is 372. The quantitative estimate of drug-likeness (QED) is 0.866. The van der Waals surface area contributed by atoms with Crippen LogP contribution in [0.25, 0.3) is 0 Å². The predicted octanol–water partition coefficient (Wildman–Crippen LogP) is 1.29. The van der Waals surface area contributed by atoms with E-state index in [4.69, 9.17) is 5.73 Å². The van der Waals surface area contributed by atoms with Gasteiger partial charge in [0.15, 0.2) is 0 Å². The first-order valence-electron chi connectivity index (χ1n) is 6.18. The van der Waals surface area contributed by atoms with Gasteiger partial charge in [0, 0.05) is 18.4 Å². The van der Waals surface area contributed by atoms with Crippen molar-refractivity contribution in [2.24, 2.45) is 11.7 Å². The lowest BCUT2D eigenvalue weighted by Gasteiger charge is -2.19. The summed E-state index contributed by atoms with van der Waals surface area (Å²) in [5.41, 5.74) is 6.64. The molecule has 1 aliphatic carbocycles. The smallest absolute Gasteiger partial charge is 0.224 e. The average molecular weight is 270 g/mol. The number of nitrogens with zero attached hydrogens (tertiary/aromatic N) is 1.